The van der Waals surface area contributed by atoms with E-state index in [0.717, 1.165) is 28.2 Å². The molecule has 1 aliphatic rings. The minimum atomic E-state index is -4.47. The Hall–Kier alpha value is -3.95. The zero-order chi connectivity index (χ0) is 21.1. The van der Waals surface area contributed by atoms with E-state index in [1.807, 2.05) is 40.9 Å². The van der Waals surface area contributed by atoms with Crippen LogP contribution in [0.25, 0.3) is 22.6 Å². The number of allylic oxidation sites excluding steroid dienone is 2. The second-order valence-corrected chi connectivity index (χ2v) is 6.50. The third-order valence-electron chi connectivity index (χ3n) is 4.34. The molecule has 4 rings (SSSR count). The number of halogens is 3. The lowest BCUT2D eigenvalue weighted by Gasteiger charge is -2.14. The van der Waals surface area contributed by atoms with Crippen LogP contribution in [-0.2, 0) is 0 Å². The summed E-state index contributed by atoms with van der Waals surface area (Å²) < 4.78 is 38.6. The van der Waals surface area contributed by atoms with Gasteiger partial charge in [0.15, 0.2) is 0 Å². The predicted octanol–water partition coefficient (Wildman–Crippen LogP) is 3.65. The summed E-state index contributed by atoms with van der Waals surface area (Å²) in [7, 11) is 0. The number of anilines is 1. The number of alkyl halides is 3. The Morgan fingerprint density at radius 3 is 2.80 bits per heavy atom. The third kappa shape index (κ3) is 4.37. The van der Waals surface area contributed by atoms with E-state index in [1.165, 1.54) is 0 Å². The van der Waals surface area contributed by atoms with E-state index < -0.39 is 18.8 Å². The van der Waals surface area contributed by atoms with Gasteiger partial charge in [-0.1, -0.05) is 12.1 Å². The number of fused-ring (bicyclic) bond motifs is 1. The smallest absolute Gasteiger partial charge is 0.329 e. The summed E-state index contributed by atoms with van der Waals surface area (Å²) in [5.74, 6) is 0. The molecule has 0 aliphatic carbocycles. The summed E-state index contributed by atoms with van der Waals surface area (Å²) in [6.07, 6.45) is 4.71. The summed E-state index contributed by atoms with van der Waals surface area (Å²) in [4.78, 5) is 16.1. The molecule has 0 unspecified atom stereocenters. The van der Waals surface area contributed by atoms with Gasteiger partial charge in [0, 0.05) is 29.2 Å². The SMILES string of the molecule is O=C(NCC(F)(F)F)Nc1cccc(-c2cnc3cc(C4=CC=CNN4)ccn23)c1. The molecule has 0 atom stereocenters. The van der Waals surface area contributed by atoms with Crippen molar-refractivity contribution in [1.82, 2.24) is 25.6 Å². The molecule has 10 heteroatoms. The van der Waals surface area contributed by atoms with Crippen LogP contribution < -0.4 is 21.5 Å². The Morgan fingerprint density at radius 2 is 2.03 bits per heavy atom. The topological polar surface area (TPSA) is 82.5 Å². The van der Waals surface area contributed by atoms with Crippen LogP contribution in [0.4, 0.5) is 23.7 Å². The second-order valence-electron chi connectivity index (χ2n) is 6.50. The van der Waals surface area contributed by atoms with Gasteiger partial charge < -0.3 is 21.5 Å². The van der Waals surface area contributed by atoms with Crippen LogP contribution in [0.1, 0.15) is 5.56 Å². The van der Waals surface area contributed by atoms with Gasteiger partial charge in [0.05, 0.1) is 17.6 Å². The van der Waals surface area contributed by atoms with Gasteiger partial charge in [-0.3, -0.25) is 4.40 Å². The lowest BCUT2D eigenvalue weighted by molar-refractivity contribution is -0.122. The van der Waals surface area contributed by atoms with Crippen LogP contribution in [0.2, 0.25) is 0 Å². The molecule has 154 valence electrons. The molecule has 1 aliphatic heterocycles. The van der Waals surface area contributed by atoms with Gasteiger partial charge in [-0.25, -0.2) is 9.78 Å². The number of benzene rings is 1. The first-order valence-corrected chi connectivity index (χ1v) is 8.97. The van der Waals surface area contributed by atoms with Crippen molar-refractivity contribution in [3.8, 4) is 11.3 Å². The fourth-order valence-electron chi connectivity index (χ4n) is 3.00. The highest BCUT2D eigenvalue weighted by atomic mass is 19.4. The molecule has 0 spiro atoms. The predicted molar refractivity (Wildman–Crippen MR) is 107 cm³/mol. The molecule has 0 radical (unpaired) electrons. The van der Waals surface area contributed by atoms with Crippen molar-refractivity contribution >= 4 is 23.1 Å². The third-order valence-corrected chi connectivity index (χ3v) is 4.34. The van der Waals surface area contributed by atoms with Crippen LogP contribution in [0.5, 0.6) is 0 Å². The minimum Gasteiger partial charge on any atom is -0.329 e. The van der Waals surface area contributed by atoms with E-state index in [1.54, 1.807) is 35.9 Å². The fourth-order valence-corrected chi connectivity index (χ4v) is 3.00. The Bertz CT molecular complexity index is 1150. The van der Waals surface area contributed by atoms with Crippen LogP contribution in [0, 0.1) is 0 Å². The van der Waals surface area contributed by atoms with E-state index in [2.05, 4.69) is 21.2 Å². The number of rotatable bonds is 4. The number of nitrogens with zero attached hydrogens (tertiary/aromatic N) is 2. The quantitative estimate of drug-likeness (QED) is 0.525. The molecule has 3 aromatic rings. The average Bonchev–Trinajstić information content (AvgIpc) is 3.16. The Labute approximate surface area is 169 Å². The minimum absolute atomic E-state index is 0.369. The van der Waals surface area contributed by atoms with Gasteiger partial charge in [0.2, 0.25) is 0 Å². The molecule has 3 heterocycles. The molecule has 4 N–H and O–H groups in total. The van der Waals surface area contributed by atoms with Crippen molar-refractivity contribution in [2.75, 3.05) is 11.9 Å². The summed E-state index contributed by atoms with van der Waals surface area (Å²) >= 11 is 0. The van der Waals surface area contributed by atoms with Gasteiger partial charge >= 0.3 is 12.2 Å². The molecule has 0 fully saturated rings. The summed E-state index contributed by atoms with van der Waals surface area (Å²) in [5, 5.41) is 4.19. The molecule has 0 saturated heterocycles. The monoisotopic (exact) mass is 414 g/mol. The van der Waals surface area contributed by atoms with Crippen molar-refractivity contribution in [2.24, 2.45) is 0 Å². The first-order chi connectivity index (χ1) is 14.4. The highest BCUT2D eigenvalue weighted by Gasteiger charge is 2.27. The zero-order valence-electron chi connectivity index (χ0n) is 15.5. The van der Waals surface area contributed by atoms with E-state index in [9.17, 15) is 18.0 Å². The van der Waals surface area contributed by atoms with E-state index in [4.69, 9.17) is 0 Å². The maximum atomic E-state index is 12.2. The molecule has 30 heavy (non-hydrogen) atoms. The first-order valence-electron chi connectivity index (χ1n) is 8.97. The van der Waals surface area contributed by atoms with Crippen molar-refractivity contribution in [2.45, 2.75) is 6.18 Å². The van der Waals surface area contributed by atoms with Crippen LogP contribution in [0.15, 0.2) is 67.1 Å². The van der Waals surface area contributed by atoms with E-state index in [0.29, 0.717) is 5.69 Å². The van der Waals surface area contributed by atoms with Crippen molar-refractivity contribution in [3.05, 3.63) is 72.7 Å². The van der Waals surface area contributed by atoms with Crippen LogP contribution in [0.3, 0.4) is 0 Å². The highest BCUT2D eigenvalue weighted by molar-refractivity contribution is 5.90. The summed E-state index contributed by atoms with van der Waals surface area (Å²) in [5.41, 5.74) is 10.5. The second kappa shape index (κ2) is 7.82. The molecule has 2 aromatic heterocycles. The molecule has 7 nitrogen and oxygen atoms in total. The molecular formula is C20H17F3N6O. The Balaban J connectivity index is 1.55. The fraction of sp³-hybridized carbons (Fsp3) is 0.100. The molecular weight excluding hydrogens is 397 g/mol. The van der Waals surface area contributed by atoms with Crippen molar-refractivity contribution < 1.29 is 18.0 Å². The Morgan fingerprint density at radius 1 is 1.17 bits per heavy atom. The van der Waals surface area contributed by atoms with Crippen LogP contribution >= 0.6 is 0 Å². The average molecular weight is 414 g/mol. The number of carbonyl (C=O) groups excluding carboxylic acids is 1. The maximum Gasteiger partial charge on any atom is 0.405 e. The highest BCUT2D eigenvalue weighted by Crippen LogP contribution is 2.25. The standard InChI is InChI=1S/C20H17F3N6O/c21-20(22,23)12-25-19(30)27-15-4-1-3-14(9-15)17-11-24-18-10-13(6-8-29(17)18)16-5-2-7-26-28-16/h1-11,26,28H,12H2,(H2,25,27,30). The number of hydrogen-bond donors (Lipinski definition) is 4. The van der Waals surface area contributed by atoms with Crippen LogP contribution in [-0.4, -0.2) is 28.1 Å². The van der Waals surface area contributed by atoms with Crippen molar-refractivity contribution in [1.29, 1.82) is 0 Å². The number of aromatic nitrogens is 2. The number of nitrogens with one attached hydrogen (secondary N) is 4. The molecule has 1 aromatic carbocycles. The van der Waals surface area contributed by atoms with E-state index >= 15 is 0 Å². The number of hydrazine groups is 1. The normalized spacial score (nSPS) is 13.4. The first kappa shape index (κ1) is 19.4. The lowest BCUT2D eigenvalue weighted by Crippen LogP contribution is -2.36. The summed E-state index contributed by atoms with van der Waals surface area (Å²) in [6, 6.07) is 9.74. The summed E-state index contributed by atoms with van der Waals surface area (Å²) in [6.45, 7) is -1.40. The number of urea groups is 1. The van der Waals surface area contributed by atoms with Gasteiger partial charge in [-0.15, -0.1) is 0 Å². The molecule has 0 bridgehead atoms. The van der Waals surface area contributed by atoms with Gasteiger partial charge in [0.25, 0.3) is 0 Å². The zero-order valence-corrected chi connectivity index (χ0v) is 15.5. The lowest BCUT2D eigenvalue weighted by atomic mass is 10.1. The Kier molecular flexibility index (Phi) is 5.05. The molecule has 2 amide bonds. The van der Waals surface area contributed by atoms with E-state index in [-0.39, 0.29) is 0 Å². The molecule has 0 saturated carbocycles. The largest absolute Gasteiger partial charge is 0.405 e. The number of hydrogen-bond acceptors (Lipinski definition) is 4. The van der Waals surface area contributed by atoms with Gasteiger partial charge in [0.1, 0.15) is 12.2 Å². The van der Waals surface area contributed by atoms with Gasteiger partial charge in [-0.05, 0) is 36.4 Å². The number of imidazole rings is 1. The maximum absolute atomic E-state index is 12.2. The number of amides is 2. The van der Waals surface area contributed by atoms with Gasteiger partial charge in [-0.2, -0.15) is 13.2 Å². The van der Waals surface area contributed by atoms with Crippen molar-refractivity contribution in [3.63, 3.8) is 0 Å². The number of carbonyl (C=O) groups is 1. The number of pyridine rings is 1.